The summed E-state index contributed by atoms with van der Waals surface area (Å²) in [7, 11) is 0. The first-order chi connectivity index (χ1) is 10.0. The molecule has 2 saturated heterocycles. The molecule has 112 valence electrons. The predicted octanol–water partition coefficient (Wildman–Crippen LogP) is 3.11. The van der Waals surface area contributed by atoms with Crippen molar-refractivity contribution in [2.45, 2.75) is 38.3 Å². The lowest BCUT2D eigenvalue weighted by atomic mass is 10.0. The minimum Gasteiger partial charge on any atom is -0.329 e. The number of hydrogen-bond acceptors (Lipinski definition) is 2. The summed E-state index contributed by atoms with van der Waals surface area (Å²) in [5.41, 5.74) is 0.567. The van der Waals surface area contributed by atoms with Gasteiger partial charge in [0.15, 0.2) is 0 Å². The predicted molar refractivity (Wildman–Crippen MR) is 82.8 cm³/mol. The standard InChI is InChI=1S/C15H16Cl2N2O2/c1-2-11-14(20)18-7-3-4-13(18)15(21)19(11)12-6-5-9(16)8-10(12)17/h5-6,8,11,13H,2-4,7H2,1H3. The molecule has 4 nitrogen and oxygen atoms in total. The van der Waals surface area contributed by atoms with Crippen molar-refractivity contribution in [2.75, 3.05) is 11.4 Å². The van der Waals surface area contributed by atoms with Crippen molar-refractivity contribution in [3.8, 4) is 0 Å². The third-order valence-corrected chi connectivity index (χ3v) is 4.75. The first-order valence-corrected chi connectivity index (χ1v) is 7.88. The quantitative estimate of drug-likeness (QED) is 0.837. The van der Waals surface area contributed by atoms with Crippen LogP contribution in [0, 0.1) is 0 Å². The van der Waals surface area contributed by atoms with Gasteiger partial charge in [0.25, 0.3) is 5.91 Å². The molecule has 2 atom stereocenters. The van der Waals surface area contributed by atoms with Crippen LogP contribution in [0.2, 0.25) is 10.0 Å². The number of piperazine rings is 1. The van der Waals surface area contributed by atoms with Gasteiger partial charge < -0.3 is 4.90 Å². The van der Waals surface area contributed by atoms with E-state index in [0.717, 1.165) is 12.8 Å². The Morgan fingerprint density at radius 3 is 2.67 bits per heavy atom. The molecule has 2 amide bonds. The summed E-state index contributed by atoms with van der Waals surface area (Å²) in [4.78, 5) is 28.7. The maximum atomic E-state index is 12.8. The maximum absolute atomic E-state index is 12.8. The van der Waals surface area contributed by atoms with E-state index in [2.05, 4.69) is 0 Å². The van der Waals surface area contributed by atoms with E-state index in [0.29, 0.717) is 28.7 Å². The van der Waals surface area contributed by atoms with E-state index in [4.69, 9.17) is 23.2 Å². The van der Waals surface area contributed by atoms with Gasteiger partial charge in [-0.15, -0.1) is 0 Å². The van der Waals surface area contributed by atoms with Crippen LogP contribution >= 0.6 is 23.2 Å². The Morgan fingerprint density at radius 2 is 2.00 bits per heavy atom. The lowest BCUT2D eigenvalue weighted by molar-refractivity contribution is -0.144. The third kappa shape index (κ3) is 2.30. The molecule has 0 aliphatic carbocycles. The normalized spacial score (nSPS) is 25.5. The van der Waals surface area contributed by atoms with Gasteiger partial charge in [0.2, 0.25) is 5.91 Å². The molecule has 0 saturated carbocycles. The monoisotopic (exact) mass is 326 g/mol. The molecule has 1 aromatic rings. The van der Waals surface area contributed by atoms with Crippen LogP contribution in [0.25, 0.3) is 0 Å². The highest BCUT2D eigenvalue weighted by atomic mass is 35.5. The molecular weight excluding hydrogens is 311 g/mol. The number of fused-ring (bicyclic) bond motifs is 1. The Kier molecular flexibility index (Phi) is 3.84. The molecule has 2 heterocycles. The zero-order chi connectivity index (χ0) is 15.1. The second-order valence-corrected chi connectivity index (χ2v) is 6.26. The molecule has 0 N–H and O–H groups in total. The van der Waals surface area contributed by atoms with Gasteiger partial charge in [0.1, 0.15) is 12.1 Å². The molecule has 2 fully saturated rings. The van der Waals surface area contributed by atoms with E-state index in [9.17, 15) is 9.59 Å². The third-order valence-electron chi connectivity index (χ3n) is 4.21. The van der Waals surface area contributed by atoms with Crippen molar-refractivity contribution >= 4 is 40.7 Å². The van der Waals surface area contributed by atoms with Crippen molar-refractivity contribution in [2.24, 2.45) is 0 Å². The van der Waals surface area contributed by atoms with Gasteiger partial charge in [-0.05, 0) is 37.5 Å². The summed E-state index contributed by atoms with van der Waals surface area (Å²) < 4.78 is 0. The number of rotatable bonds is 2. The van der Waals surface area contributed by atoms with Crippen molar-refractivity contribution in [3.63, 3.8) is 0 Å². The average Bonchev–Trinajstić information content (AvgIpc) is 2.93. The summed E-state index contributed by atoms with van der Waals surface area (Å²) in [6.45, 7) is 2.58. The first-order valence-electron chi connectivity index (χ1n) is 7.13. The van der Waals surface area contributed by atoms with Crippen LogP contribution in [-0.4, -0.2) is 35.3 Å². The zero-order valence-corrected chi connectivity index (χ0v) is 13.2. The fourth-order valence-corrected chi connectivity index (χ4v) is 3.72. The van der Waals surface area contributed by atoms with Gasteiger partial charge in [-0.3, -0.25) is 14.5 Å². The topological polar surface area (TPSA) is 40.6 Å². The van der Waals surface area contributed by atoms with E-state index < -0.39 is 6.04 Å². The van der Waals surface area contributed by atoms with Crippen LogP contribution < -0.4 is 4.90 Å². The van der Waals surface area contributed by atoms with Gasteiger partial charge in [-0.1, -0.05) is 30.1 Å². The Bertz CT molecular complexity index is 605. The van der Waals surface area contributed by atoms with Gasteiger partial charge in [-0.25, -0.2) is 0 Å². The number of amides is 2. The van der Waals surface area contributed by atoms with Gasteiger partial charge in [0, 0.05) is 11.6 Å². The van der Waals surface area contributed by atoms with E-state index in [1.165, 1.54) is 0 Å². The molecule has 6 heteroatoms. The van der Waals surface area contributed by atoms with Crippen LogP contribution in [0.3, 0.4) is 0 Å². The number of carbonyl (C=O) groups excluding carboxylic acids is 2. The highest BCUT2D eigenvalue weighted by molar-refractivity contribution is 6.37. The van der Waals surface area contributed by atoms with E-state index in [1.807, 2.05) is 6.92 Å². The maximum Gasteiger partial charge on any atom is 0.250 e. The Labute approximate surface area is 133 Å². The van der Waals surface area contributed by atoms with Crippen molar-refractivity contribution in [3.05, 3.63) is 28.2 Å². The largest absolute Gasteiger partial charge is 0.329 e. The smallest absolute Gasteiger partial charge is 0.250 e. The lowest BCUT2D eigenvalue weighted by Crippen LogP contribution is -2.63. The second kappa shape index (κ2) is 5.50. The summed E-state index contributed by atoms with van der Waals surface area (Å²) in [5.74, 6) is -0.0196. The lowest BCUT2D eigenvalue weighted by Gasteiger charge is -2.42. The molecule has 2 aliphatic rings. The molecule has 0 spiro atoms. The van der Waals surface area contributed by atoms with Crippen LogP contribution in [0.1, 0.15) is 26.2 Å². The summed E-state index contributed by atoms with van der Waals surface area (Å²) >= 11 is 12.2. The van der Waals surface area contributed by atoms with E-state index >= 15 is 0 Å². The molecule has 0 aromatic heterocycles. The number of nitrogens with zero attached hydrogens (tertiary/aromatic N) is 2. The Hall–Kier alpha value is -1.26. The fraction of sp³-hybridized carbons (Fsp3) is 0.467. The van der Waals surface area contributed by atoms with E-state index in [-0.39, 0.29) is 17.9 Å². The van der Waals surface area contributed by atoms with Crippen LogP contribution in [0.4, 0.5) is 5.69 Å². The number of benzene rings is 1. The highest BCUT2D eigenvalue weighted by Gasteiger charge is 2.47. The SMILES string of the molecule is CCC1C(=O)N2CCCC2C(=O)N1c1ccc(Cl)cc1Cl. The minimum atomic E-state index is -0.481. The van der Waals surface area contributed by atoms with Crippen LogP contribution in [0.15, 0.2) is 18.2 Å². The van der Waals surface area contributed by atoms with Crippen LogP contribution in [-0.2, 0) is 9.59 Å². The minimum absolute atomic E-state index is 0.0191. The summed E-state index contributed by atoms with van der Waals surface area (Å²) in [5, 5.41) is 0.906. The molecular formula is C15H16Cl2N2O2. The van der Waals surface area contributed by atoms with Gasteiger partial charge in [0.05, 0.1) is 10.7 Å². The average molecular weight is 327 g/mol. The molecule has 0 bridgehead atoms. The molecule has 2 aliphatic heterocycles. The number of halogens is 2. The highest BCUT2D eigenvalue weighted by Crippen LogP contribution is 2.36. The Balaban J connectivity index is 2.05. The number of anilines is 1. The fourth-order valence-electron chi connectivity index (χ4n) is 3.22. The zero-order valence-electron chi connectivity index (χ0n) is 11.7. The molecule has 2 unspecified atom stereocenters. The van der Waals surface area contributed by atoms with Crippen molar-refractivity contribution in [1.29, 1.82) is 0 Å². The first kappa shape index (κ1) is 14.7. The number of carbonyl (C=O) groups is 2. The summed E-state index contributed by atoms with van der Waals surface area (Å²) in [6.07, 6.45) is 2.16. The van der Waals surface area contributed by atoms with Gasteiger partial charge >= 0.3 is 0 Å². The molecule has 21 heavy (non-hydrogen) atoms. The van der Waals surface area contributed by atoms with Gasteiger partial charge in [-0.2, -0.15) is 0 Å². The molecule has 1 aromatic carbocycles. The molecule has 3 rings (SSSR count). The molecule has 0 radical (unpaired) electrons. The van der Waals surface area contributed by atoms with Crippen LogP contribution in [0.5, 0.6) is 0 Å². The summed E-state index contributed by atoms with van der Waals surface area (Å²) in [6, 6.07) is 4.18. The Morgan fingerprint density at radius 1 is 1.24 bits per heavy atom. The number of hydrogen-bond donors (Lipinski definition) is 0. The van der Waals surface area contributed by atoms with Crippen molar-refractivity contribution < 1.29 is 9.59 Å². The van der Waals surface area contributed by atoms with Crippen molar-refractivity contribution in [1.82, 2.24) is 4.90 Å². The second-order valence-electron chi connectivity index (χ2n) is 5.42. The van der Waals surface area contributed by atoms with E-state index in [1.54, 1.807) is 28.0 Å².